The standard InChI is InChI=1S/C18H13N5O2/c1-10-12(17(24)23(2)18(25)13(10)9-20)7-11(8-19)16-21-14-5-3-4-6-15(14)22-16/h3-7,12H,1-2H3,(H,21,22)/b11-7+. The molecule has 0 radical (unpaired) electrons. The number of hydrogen-bond donors (Lipinski definition) is 1. The minimum atomic E-state index is -0.861. The predicted molar refractivity (Wildman–Crippen MR) is 89.3 cm³/mol. The second-order valence-electron chi connectivity index (χ2n) is 5.64. The van der Waals surface area contributed by atoms with Crippen LogP contribution in [0.25, 0.3) is 16.6 Å². The van der Waals surface area contributed by atoms with E-state index in [0.717, 1.165) is 10.4 Å². The SMILES string of the molecule is CC1=C(C#N)C(=O)N(C)C(=O)C1/C=C(\C#N)c1nc2ccccc2[nH]1. The number of carbonyl (C=O) groups excluding carboxylic acids is 2. The molecule has 1 atom stereocenters. The van der Waals surface area contributed by atoms with Crippen molar-refractivity contribution in [3.05, 3.63) is 47.3 Å². The lowest BCUT2D eigenvalue weighted by atomic mass is 9.88. The molecule has 7 heteroatoms. The lowest BCUT2D eigenvalue weighted by Gasteiger charge is -2.27. The Bertz CT molecular complexity index is 1010. The van der Waals surface area contributed by atoms with Crippen molar-refractivity contribution in [1.29, 1.82) is 10.5 Å². The number of allylic oxidation sites excluding steroid dienone is 1. The fourth-order valence-corrected chi connectivity index (χ4v) is 2.73. The Hall–Kier alpha value is -3.71. The zero-order chi connectivity index (χ0) is 18.1. The summed E-state index contributed by atoms with van der Waals surface area (Å²) in [6, 6.07) is 11.2. The molecule has 122 valence electrons. The van der Waals surface area contributed by atoms with Gasteiger partial charge in [0.05, 0.1) is 22.5 Å². The zero-order valence-electron chi connectivity index (χ0n) is 13.6. The van der Waals surface area contributed by atoms with Crippen LogP contribution in [0.2, 0.25) is 0 Å². The van der Waals surface area contributed by atoms with E-state index < -0.39 is 17.7 Å². The molecule has 0 saturated heterocycles. The molecule has 1 aliphatic heterocycles. The van der Waals surface area contributed by atoms with Crippen molar-refractivity contribution in [2.75, 3.05) is 7.05 Å². The predicted octanol–water partition coefficient (Wildman–Crippen LogP) is 1.92. The number of nitriles is 2. The van der Waals surface area contributed by atoms with Crippen LogP contribution in [-0.2, 0) is 9.59 Å². The summed E-state index contributed by atoms with van der Waals surface area (Å²) in [6.07, 6.45) is 1.44. The van der Waals surface area contributed by atoms with E-state index in [4.69, 9.17) is 0 Å². The van der Waals surface area contributed by atoms with Crippen molar-refractivity contribution in [2.45, 2.75) is 6.92 Å². The third-order valence-electron chi connectivity index (χ3n) is 4.19. The van der Waals surface area contributed by atoms with Crippen molar-refractivity contribution in [1.82, 2.24) is 14.9 Å². The van der Waals surface area contributed by atoms with Crippen LogP contribution < -0.4 is 0 Å². The fourth-order valence-electron chi connectivity index (χ4n) is 2.73. The molecule has 1 N–H and O–H groups in total. The first-order chi connectivity index (χ1) is 12.0. The molecule has 2 amide bonds. The molecule has 0 spiro atoms. The number of hydrogen-bond acceptors (Lipinski definition) is 5. The van der Waals surface area contributed by atoms with Crippen molar-refractivity contribution < 1.29 is 9.59 Å². The number of imide groups is 1. The van der Waals surface area contributed by atoms with Gasteiger partial charge in [-0.1, -0.05) is 12.1 Å². The van der Waals surface area contributed by atoms with E-state index in [0.29, 0.717) is 16.9 Å². The summed E-state index contributed by atoms with van der Waals surface area (Å²) in [4.78, 5) is 32.7. The summed E-state index contributed by atoms with van der Waals surface area (Å²) in [7, 11) is 1.32. The Balaban J connectivity index is 2.12. The highest BCUT2D eigenvalue weighted by Gasteiger charge is 2.36. The number of aromatic nitrogens is 2. The molecule has 2 aromatic rings. The third-order valence-corrected chi connectivity index (χ3v) is 4.19. The Morgan fingerprint density at radius 1 is 1.32 bits per heavy atom. The molecule has 0 aliphatic carbocycles. The molecular weight excluding hydrogens is 318 g/mol. The van der Waals surface area contributed by atoms with Crippen molar-refractivity contribution in [3.8, 4) is 12.1 Å². The van der Waals surface area contributed by atoms with E-state index in [2.05, 4.69) is 9.97 Å². The highest BCUT2D eigenvalue weighted by molar-refractivity contribution is 6.12. The number of nitrogens with one attached hydrogen (secondary N) is 1. The average molecular weight is 331 g/mol. The Morgan fingerprint density at radius 3 is 2.68 bits per heavy atom. The molecule has 0 fully saturated rings. The molecule has 25 heavy (non-hydrogen) atoms. The van der Waals surface area contributed by atoms with Gasteiger partial charge >= 0.3 is 0 Å². The van der Waals surface area contributed by atoms with Gasteiger partial charge in [0.15, 0.2) is 0 Å². The first kappa shape index (κ1) is 16.2. The van der Waals surface area contributed by atoms with E-state index in [1.807, 2.05) is 36.4 Å². The van der Waals surface area contributed by atoms with Gasteiger partial charge in [-0.25, -0.2) is 4.98 Å². The van der Waals surface area contributed by atoms with Crippen LogP contribution in [-0.4, -0.2) is 33.7 Å². The van der Waals surface area contributed by atoms with Gasteiger partial charge in [-0.2, -0.15) is 10.5 Å². The van der Waals surface area contributed by atoms with Crippen molar-refractivity contribution >= 4 is 28.4 Å². The topological polar surface area (TPSA) is 114 Å². The average Bonchev–Trinajstić information content (AvgIpc) is 3.04. The van der Waals surface area contributed by atoms with Gasteiger partial charge in [0.1, 0.15) is 23.5 Å². The number of nitrogens with zero attached hydrogens (tertiary/aromatic N) is 4. The van der Waals surface area contributed by atoms with Gasteiger partial charge in [-0.15, -0.1) is 0 Å². The Labute approximate surface area is 143 Å². The molecule has 7 nitrogen and oxygen atoms in total. The number of imidazole rings is 1. The van der Waals surface area contributed by atoms with E-state index in [1.54, 1.807) is 6.92 Å². The minimum Gasteiger partial charge on any atom is -0.337 e. The molecule has 1 aliphatic rings. The van der Waals surface area contributed by atoms with Gasteiger partial charge < -0.3 is 4.98 Å². The Morgan fingerprint density at radius 2 is 2.04 bits per heavy atom. The maximum absolute atomic E-state index is 12.4. The van der Waals surface area contributed by atoms with Gasteiger partial charge in [0, 0.05) is 7.05 Å². The first-order valence-corrected chi connectivity index (χ1v) is 7.47. The largest absolute Gasteiger partial charge is 0.337 e. The third kappa shape index (κ3) is 2.58. The summed E-state index contributed by atoms with van der Waals surface area (Å²) in [6.45, 7) is 1.55. The number of amides is 2. The summed E-state index contributed by atoms with van der Waals surface area (Å²) >= 11 is 0. The van der Waals surface area contributed by atoms with Crippen LogP contribution >= 0.6 is 0 Å². The van der Waals surface area contributed by atoms with E-state index in [-0.39, 0.29) is 11.1 Å². The zero-order valence-corrected chi connectivity index (χ0v) is 13.6. The molecule has 0 saturated carbocycles. The normalized spacial score (nSPS) is 18.5. The number of likely N-dealkylation sites (N-methyl/N-ethyl adjacent to an activating group) is 1. The lowest BCUT2D eigenvalue weighted by molar-refractivity contribution is -0.143. The molecule has 3 rings (SSSR count). The van der Waals surface area contributed by atoms with Crippen LogP contribution in [0.15, 0.2) is 41.5 Å². The monoisotopic (exact) mass is 331 g/mol. The highest BCUT2D eigenvalue weighted by atomic mass is 16.2. The van der Waals surface area contributed by atoms with Gasteiger partial charge in [0.2, 0.25) is 5.91 Å². The summed E-state index contributed by atoms with van der Waals surface area (Å²) in [5.41, 5.74) is 1.90. The number of rotatable bonds is 2. The van der Waals surface area contributed by atoms with E-state index in [1.165, 1.54) is 13.1 Å². The van der Waals surface area contributed by atoms with Crippen LogP contribution in [0, 0.1) is 28.6 Å². The van der Waals surface area contributed by atoms with Gasteiger partial charge in [-0.05, 0) is 30.7 Å². The molecule has 1 unspecified atom stereocenters. The lowest BCUT2D eigenvalue weighted by Crippen LogP contribution is -2.43. The van der Waals surface area contributed by atoms with Gasteiger partial charge in [0.25, 0.3) is 5.91 Å². The molecule has 2 heterocycles. The first-order valence-electron chi connectivity index (χ1n) is 7.47. The summed E-state index contributed by atoms with van der Waals surface area (Å²) in [5.74, 6) is -1.63. The molecule has 1 aromatic heterocycles. The van der Waals surface area contributed by atoms with Crippen molar-refractivity contribution in [2.24, 2.45) is 5.92 Å². The number of para-hydroxylation sites is 2. The number of benzene rings is 1. The smallest absolute Gasteiger partial charge is 0.270 e. The molecule has 1 aromatic carbocycles. The van der Waals surface area contributed by atoms with Crippen LogP contribution in [0.5, 0.6) is 0 Å². The van der Waals surface area contributed by atoms with Crippen LogP contribution in [0.3, 0.4) is 0 Å². The fraction of sp³-hybridized carbons (Fsp3) is 0.167. The van der Waals surface area contributed by atoms with E-state index in [9.17, 15) is 20.1 Å². The van der Waals surface area contributed by atoms with E-state index >= 15 is 0 Å². The number of fused-ring (bicyclic) bond motifs is 1. The second kappa shape index (κ2) is 6.06. The quantitative estimate of drug-likeness (QED) is 0.667. The molecular formula is C18H13N5O2. The summed E-state index contributed by atoms with van der Waals surface area (Å²) < 4.78 is 0. The van der Waals surface area contributed by atoms with Crippen molar-refractivity contribution in [3.63, 3.8) is 0 Å². The molecule has 0 bridgehead atoms. The maximum atomic E-state index is 12.4. The Kier molecular flexibility index (Phi) is 3.92. The highest BCUT2D eigenvalue weighted by Crippen LogP contribution is 2.28. The van der Waals surface area contributed by atoms with Gasteiger partial charge in [-0.3, -0.25) is 14.5 Å². The number of H-pyrrole nitrogens is 1. The van der Waals surface area contributed by atoms with Crippen LogP contribution in [0.4, 0.5) is 0 Å². The minimum absolute atomic E-state index is 0.0785. The number of carbonyl (C=O) groups is 2. The van der Waals surface area contributed by atoms with Crippen LogP contribution in [0.1, 0.15) is 12.7 Å². The summed E-state index contributed by atoms with van der Waals surface area (Å²) in [5, 5.41) is 18.7. The maximum Gasteiger partial charge on any atom is 0.270 e. The second-order valence-corrected chi connectivity index (χ2v) is 5.64. The number of aromatic amines is 1.